The van der Waals surface area contributed by atoms with Crippen LogP contribution in [0.1, 0.15) is 31.7 Å². The number of likely N-dealkylation sites (tertiary alicyclic amines) is 1. The van der Waals surface area contributed by atoms with Crippen molar-refractivity contribution in [2.24, 2.45) is 5.92 Å². The van der Waals surface area contributed by atoms with Gasteiger partial charge in [-0.3, -0.25) is 4.79 Å². The van der Waals surface area contributed by atoms with Crippen molar-refractivity contribution in [3.63, 3.8) is 0 Å². The van der Waals surface area contributed by atoms with Crippen molar-refractivity contribution in [1.29, 1.82) is 0 Å². The third-order valence-corrected chi connectivity index (χ3v) is 5.14. The predicted octanol–water partition coefficient (Wildman–Crippen LogP) is 4.37. The van der Waals surface area contributed by atoms with E-state index in [0.29, 0.717) is 13.2 Å². The fourth-order valence-electron chi connectivity index (χ4n) is 3.35. The maximum Gasteiger partial charge on any atom is 0.241 e. The second-order valence-electron chi connectivity index (χ2n) is 7.38. The molecule has 0 radical (unpaired) electrons. The first-order valence-corrected chi connectivity index (χ1v) is 9.99. The molecule has 1 fully saturated rings. The topological polar surface area (TPSA) is 41.6 Å². The lowest BCUT2D eigenvalue weighted by Crippen LogP contribution is -2.40. The highest BCUT2D eigenvalue weighted by atomic mass is 16.5. The summed E-state index contributed by atoms with van der Waals surface area (Å²) in [7, 11) is 0. The second kappa shape index (κ2) is 10.0. The Kier molecular flexibility index (Phi) is 7.14. The monoisotopic (exact) mass is 366 g/mol. The molecule has 2 aromatic carbocycles. The summed E-state index contributed by atoms with van der Waals surface area (Å²) in [5, 5.41) is 3.24. The van der Waals surface area contributed by atoms with E-state index in [1.807, 2.05) is 35.2 Å². The molecule has 0 atom stereocenters. The van der Waals surface area contributed by atoms with Crippen molar-refractivity contribution in [1.82, 2.24) is 4.90 Å². The molecular formula is C23H30N2O2. The van der Waals surface area contributed by atoms with Crippen molar-refractivity contribution in [3.8, 4) is 5.75 Å². The molecule has 1 N–H and O–H groups in total. The van der Waals surface area contributed by atoms with Gasteiger partial charge in [-0.1, -0.05) is 43.3 Å². The van der Waals surface area contributed by atoms with Gasteiger partial charge in [0.15, 0.2) is 0 Å². The summed E-state index contributed by atoms with van der Waals surface area (Å²) in [4.78, 5) is 14.3. The molecule has 2 aromatic rings. The lowest BCUT2D eigenvalue weighted by atomic mass is 9.99. The Hall–Kier alpha value is -2.49. The van der Waals surface area contributed by atoms with Crippen LogP contribution in [-0.2, 0) is 11.2 Å². The number of anilines is 1. The Morgan fingerprint density at radius 3 is 2.67 bits per heavy atom. The van der Waals surface area contributed by atoms with Gasteiger partial charge in [-0.2, -0.15) is 0 Å². The Bertz CT molecular complexity index is 709. The van der Waals surface area contributed by atoms with Crippen LogP contribution in [0.25, 0.3) is 0 Å². The highest BCUT2D eigenvalue weighted by Gasteiger charge is 2.19. The molecular weight excluding hydrogens is 336 g/mol. The SMILES string of the molecule is CC1CCN(C(=O)CNc2cccc(OCCCc3ccccc3)c2)CC1. The van der Waals surface area contributed by atoms with E-state index < -0.39 is 0 Å². The van der Waals surface area contributed by atoms with Crippen molar-refractivity contribution >= 4 is 11.6 Å². The van der Waals surface area contributed by atoms with Crippen molar-refractivity contribution in [2.75, 3.05) is 31.6 Å². The summed E-state index contributed by atoms with van der Waals surface area (Å²) in [5.74, 6) is 1.75. The van der Waals surface area contributed by atoms with Crippen LogP contribution >= 0.6 is 0 Å². The molecule has 1 aliphatic rings. The summed E-state index contributed by atoms with van der Waals surface area (Å²) < 4.78 is 5.87. The Balaban J connectivity index is 1.40. The number of aryl methyl sites for hydroxylation is 1. The van der Waals surface area contributed by atoms with Crippen LogP contribution < -0.4 is 10.1 Å². The Labute approximate surface area is 162 Å². The Morgan fingerprint density at radius 2 is 1.89 bits per heavy atom. The zero-order chi connectivity index (χ0) is 18.9. The number of carbonyl (C=O) groups is 1. The quantitative estimate of drug-likeness (QED) is 0.706. The number of carbonyl (C=O) groups excluding carboxylic acids is 1. The molecule has 0 unspecified atom stereocenters. The van der Waals surface area contributed by atoms with Crippen LogP contribution in [0.4, 0.5) is 5.69 Å². The van der Waals surface area contributed by atoms with Gasteiger partial charge in [0.1, 0.15) is 5.75 Å². The first-order chi connectivity index (χ1) is 13.2. The highest BCUT2D eigenvalue weighted by Crippen LogP contribution is 2.19. The van der Waals surface area contributed by atoms with E-state index in [4.69, 9.17) is 4.74 Å². The summed E-state index contributed by atoms with van der Waals surface area (Å²) in [6.07, 6.45) is 4.21. The smallest absolute Gasteiger partial charge is 0.241 e. The average Bonchev–Trinajstić information content (AvgIpc) is 2.71. The predicted molar refractivity (Wildman–Crippen MR) is 110 cm³/mol. The van der Waals surface area contributed by atoms with Gasteiger partial charge in [-0.15, -0.1) is 0 Å². The molecule has 0 bridgehead atoms. The molecule has 3 rings (SSSR count). The third-order valence-electron chi connectivity index (χ3n) is 5.14. The molecule has 4 nitrogen and oxygen atoms in total. The van der Waals surface area contributed by atoms with Gasteiger partial charge < -0.3 is 15.0 Å². The molecule has 0 saturated carbocycles. The molecule has 0 aliphatic carbocycles. The van der Waals surface area contributed by atoms with Gasteiger partial charge in [-0.25, -0.2) is 0 Å². The minimum Gasteiger partial charge on any atom is -0.494 e. The highest BCUT2D eigenvalue weighted by molar-refractivity contribution is 5.81. The number of ether oxygens (including phenoxy) is 1. The number of rotatable bonds is 8. The van der Waals surface area contributed by atoms with E-state index in [1.165, 1.54) is 5.56 Å². The summed E-state index contributed by atoms with van der Waals surface area (Å²) in [6, 6.07) is 18.3. The van der Waals surface area contributed by atoms with Crippen molar-refractivity contribution in [2.45, 2.75) is 32.6 Å². The number of amides is 1. The van der Waals surface area contributed by atoms with Gasteiger partial charge in [0.2, 0.25) is 5.91 Å². The number of piperidine rings is 1. The van der Waals surface area contributed by atoms with Crippen LogP contribution in [0, 0.1) is 5.92 Å². The van der Waals surface area contributed by atoms with Gasteiger partial charge in [0, 0.05) is 24.8 Å². The van der Waals surface area contributed by atoms with E-state index in [9.17, 15) is 4.79 Å². The van der Waals surface area contributed by atoms with E-state index >= 15 is 0 Å². The summed E-state index contributed by atoms with van der Waals surface area (Å²) in [6.45, 7) is 5.04. The number of hydrogen-bond acceptors (Lipinski definition) is 3. The molecule has 144 valence electrons. The largest absolute Gasteiger partial charge is 0.494 e. The summed E-state index contributed by atoms with van der Waals surface area (Å²) >= 11 is 0. The van der Waals surface area contributed by atoms with E-state index in [1.54, 1.807) is 0 Å². The number of nitrogens with one attached hydrogen (secondary N) is 1. The molecule has 0 aromatic heterocycles. The second-order valence-corrected chi connectivity index (χ2v) is 7.38. The van der Waals surface area contributed by atoms with E-state index in [2.05, 4.69) is 36.5 Å². The number of nitrogens with zero attached hydrogens (tertiary/aromatic N) is 1. The zero-order valence-corrected chi connectivity index (χ0v) is 16.2. The number of benzene rings is 2. The average molecular weight is 367 g/mol. The minimum absolute atomic E-state index is 0.177. The third kappa shape index (κ3) is 6.31. The lowest BCUT2D eigenvalue weighted by Gasteiger charge is -2.30. The zero-order valence-electron chi connectivity index (χ0n) is 16.2. The van der Waals surface area contributed by atoms with Crippen LogP contribution in [-0.4, -0.2) is 37.0 Å². The fourth-order valence-corrected chi connectivity index (χ4v) is 3.35. The van der Waals surface area contributed by atoms with Gasteiger partial charge in [-0.05, 0) is 49.3 Å². The summed E-state index contributed by atoms with van der Waals surface area (Å²) in [5.41, 5.74) is 2.26. The molecule has 1 aliphatic heterocycles. The molecule has 1 saturated heterocycles. The van der Waals surface area contributed by atoms with Crippen molar-refractivity contribution < 1.29 is 9.53 Å². The van der Waals surface area contributed by atoms with Crippen LogP contribution in [0.2, 0.25) is 0 Å². The van der Waals surface area contributed by atoms with Gasteiger partial charge in [0.25, 0.3) is 0 Å². The lowest BCUT2D eigenvalue weighted by molar-refractivity contribution is -0.130. The normalized spacial score (nSPS) is 14.8. The number of hydrogen-bond donors (Lipinski definition) is 1. The standard InChI is InChI=1S/C23H30N2O2/c1-19-12-14-25(15-13-19)23(26)18-24-21-10-5-11-22(17-21)27-16-6-9-20-7-3-2-4-8-20/h2-5,7-8,10-11,17,19,24H,6,9,12-16,18H2,1H3. The van der Waals surface area contributed by atoms with Crippen molar-refractivity contribution in [3.05, 3.63) is 60.2 Å². The van der Waals surface area contributed by atoms with Crippen LogP contribution in [0.3, 0.4) is 0 Å². The first kappa shape index (κ1) is 19.3. The first-order valence-electron chi connectivity index (χ1n) is 9.99. The van der Waals surface area contributed by atoms with E-state index in [0.717, 1.165) is 56.1 Å². The van der Waals surface area contributed by atoms with Crippen LogP contribution in [0.5, 0.6) is 5.75 Å². The molecule has 27 heavy (non-hydrogen) atoms. The van der Waals surface area contributed by atoms with Gasteiger partial charge >= 0.3 is 0 Å². The van der Waals surface area contributed by atoms with Crippen LogP contribution in [0.15, 0.2) is 54.6 Å². The maximum atomic E-state index is 12.3. The molecule has 0 spiro atoms. The maximum absolute atomic E-state index is 12.3. The van der Waals surface area contributed by atoms with E-state index in [-0.39, 0.29) is 5.91 Å². The molecule has 1 amide bonds. The molecule has 4 heteroatoms. The molecule has 1 heterocycles. The van der Waals surface area contributed by atoms with Gasteiger partial charge in [0.05, 0.1) is 13.2 Å². The minimum atomic E-state index is 0.177. The Morgan fingerprint density at radius 1 is 1.11 bits per heavy atom. The fraction of sp³-hybridized carbons (Fsp3) is 0.435.